The third-order valence-corrected chi connectivity index (χ3v) is 4.57. The van der Waals surface area contributed by atoms with Crippen molar-refractivity contribution in [3.05, 3.63) is 23.7 Å². The Balaban J connectivity index is 1.45. The maximum Gasteiger partial charge on any atom is 0.108 e. The van der Waals surface area contributed by atoms with Crippen LogP contribution in [0, 0.1) is 0 Å². The highest BCUT2D eigenvalue weighted by atomic mass is 16.3. The quantitative estimate of drug-likeness (QED) is 0.903. The van der Waals surface area contributed by atoms with Crippen LogP contribution in [-0.4, -0.2) is 31.1 Å². The number of nitrogens with one attached hydrogen (secondary N) is 1. The van der Waals surface area contributed by atoms with Gasteiger partial charge in [0.05, 0.1) is 6.26 Å². The molecule has 0 radical (unpaired) electrons. The number of furan rings is 1. The molecule has 0 spiro atoms. The zero-order valence-corrected chi connectivity index (χ0v) is 11.9. The van der Waals surface area contributed by atoms with Gasteiger partial charge in [-0.25, -0.2) is 0 Å². The van der Waals surface area contributed by atoms with Crippen molar-refractivity contribution in [3.63, 3.8) is 0 Å². The Morgan fingerprint density at radius 1 is 1.16 bits per heavy atom. The van der Waals surface area contributed by atoms with E-state index in [4.69, 9.17) is 4.42 Å². The van der Waals surface area contributed by atoms with Crippen LogP contribution in [0.15, 0.2) is 16.7 Å². The maximum absolute atomic E-state index is 5.55. The summed E-state index contributed by atoms with van der Waals surface area (Å²) < 4.78 is 5.55. The molecule has 2 heterocycles. The van der Waals surface area contributed by atoms with Crippen LogP contribution in [0.5, 0.6) is 0 Å². The molecule has 0 bridgehead atoms. The van der Waals surface area contributed by atoms with E-state index < -0.39 is 0 Å². The van der Waals surface area contributed by atoms with Crippen molar-refractivity contribution < 1.29 is 4.42 Å². The molecule has 1 saturated heterocycles. The Bertz CT molecular complexity index is 380. The molecule has 0 saturated carbocycles. The van der Waals surface area contributed by atoms with Crippen molar-refractivity contribution in [1.82, 2.24) is 10.2 Å². The molecule has 0 aromatic carbocycles. The lowest BCUT2D eigenvalue weighted by molar-refractivity contribution is 0.275. The summed E-state index contributed by atoms with van der Waals surface area (Å²) >= 11 is 0. The van der Waals surface area contributed by atoms with E-state index in [0.29, 0.717) is 6.04 Å². The van der Waals surface area contributed by atoms with Crippen LogP contribution in [0.3, 0.4) is 0 Å². The summed E-state index contributed by atoms with van der Waals surface area (Å²) in [6.45, 7) is 4.89. The first-order valence-corrected chi connectivity index (χ1v) is 7.95. The first-order chi connectivity index (χ1) is 9.43. The topological polar surface area (TPSA) is 28.4 Å². The van der Waals surface area contributed by atoms with Crippen LogP contribution in [0.2, 0.25) is 0 Å². The molecule has 1 aliphatic heterocycles. The molecule has 106 valence electrons. The lowest BCUT2D eigenvalue weighted by Gasteiger charge is -2.25. The van der Waals surface area contributed by atoms with Crippen LogP contribution in [-0.2, 0) is 6.42 Å². The zero-order valence-electron chi connectivity index (χ0n) is 11.9. The molecule has 1 N–H and O–H groups in total. The van der Waals surface area contributed by atoms with Crippen LogP contribution in [0.4, 0.5) is 0 Å². The fourth-order valence-corrected chi connectivity index (χ4v) is 3.46. The Morgan fingerprint density at radius 3 is 2.84 bits per heavy atom. The van der Waals surface area contributed by atoms with Gasteiger partial charge < -0.3 is 14.6 Å². The van der Waals surface area contributed by atoms with Crippen molar-refractivity contribution in [2.75, 3.05) is 26.2 Å². The average molecular weight is 262 g/mol. The van der Waals surface area contributed by atoms with E-state index in [9.17, 15) is 0 Å². The third-order valence-electron chi connectivity index (χ3n) is 4.57. The van der Waals surface area contributed by atoms with E-state index in [1.165, 1.54) is 69.5 Å². The van der Waals surface area contributed by atoms with Crippen molar-refractivity contribution in [3.8, 4) is 0 Å². The van der Waals surface area contributed by atoms with Gasteiger partial charge in [0.15, 0.2) is 0 Å². The van der Waals surface area contributed by atoms with Gasteiger partial charge in [0.25, 0.3) is 0 Å². The van der Waals surface area contributed by atoms with Crippen molar-refractivity contribution >= 4 is 0 Å². The molecule has 3 heteroatoms. The minimum absolute atomic E-state index is 0.523. The number of hydrogen-bond donors (Lipinski definition) is 1. The fraction of sp³-hybridized carbons (Fsp3) is 0.750. The maximum atomic E-state index is 5.55. The van der Waals surface area contributed by atoms with Gasteiger partial charge in [-0.2, -0.15) is 0 Å². The van der Waals surface area contributed by atoms with Gasteiger partial charge in [0.1, 0.15) is 5.76 Å². The summed E-state index contributed by atoms with van der Waals surface area (Å²) in [6.07, 6.45) is 11.1. The summed E-state index contributed by atoms with van der Waals surface area (Å²) in [6, 6.07) is 2.67. The van der Waals surface area contributed by atoms with E-state index in [-0.39, 0.29) is 0 Å². The summed E-state index contributed by atoms with van der Waals surface area (Å²) in [5.74, 6) is 1.21. The predicted octanol–water partition coefficient (Wildman–Crippen LogP) is 3.12. The van der Waals surface area contributed by atoms with Crippen molar-refractivity contribution in [2.45, 2.75) is 51.0 Å². The Kier molecular flexibility index (Phi) is 4.57. The van der Waals surface area contributed by atoms with E-state index in [2.05, 4.69) is 16.3 Å². The van der Waals surface area contributed by atoms with Crippen molar-refractivity contribution in [1.29, 1.82) is 0 Å². The monoisotopic (exact) mass is 262 g/mol. The Labute approximate surface area is 116 Å². The minimum atomic E-state index is 0.523. The molecule has 1 fully saturated rings. The Hall–Kier alpha value is -0.800. The molecule has 3 rings (SSSR count). The standard InChI is InChI=1S/C16H26N2O/c1-2-4-11-18(10-3-1)12-9-17-15-6-5-7-16-14(15)8-13-19-16/h8,13,15,17H,1-7,9-12H2. The molecular formula is C16H26N2O. The average Bonchev–Trinajstić information content (AvgIpc) is 2.77. The smallest absolute Gasteiger partial charge is 0.108 e. The number of hydrogen-bond acceptors (Lipinski definition) is 3. The predicted molar refractivity (Wildman–Crippen MR) is 77.3 cm³/mol. The van der Waals surface area contributed by atoms with Crippen LogP contribution in [0.25, 0.3) is 0 Å². The number of fused-ring (bicyclic) bond motifs is 1. The third kappa shape index (κ3) is 3.40. The number of aryl methyl sites for hydroxylation is 1. The molecule has 1 aromatic rings. The van der Waals surface area contributed by atoms with Gasteiger partial charge in [-0.05, 0) is 44.8 Å². The second-order valence-corrected chi connectivity index (χ2v) is 5.95. The summed E-state index contributed by atoms with van der Waals surface area (Å²) in [7, 11) is 0. The molecule has 1 unspecified atom stereocenters. The van der Waals surface area contributed by atoms with Gasteiger partial charge in [-0.3, -0.25) is 0 Å². The first-order valence-electron chi connectivity index (χ1n) is 7.95. The van der Waals surface area contributed by atoms with Crippen LogP contribution < -0.4 is 5.32 Å². The second-order valence-electron chi connectivity index (χ2n) is 5.95. The number of rotatable bonds is 4. The number of likely N-dealkylation sites (tertiary alicyclic amines) is 1. The normalized spacial score (nSPS) is 24.9. The van der Waals surface area contributed by atoms with E-state index in [1.54, 1.807) is 0 Å². The van der Waals surface area contributed by atoms with Gasteiger partial charge in [0.2, 0.25) is 0 Å². The zero-order chi connectivity index (χ0) is 12.9. The van der Waals surface area contributed by atoms with Crippen LogP contribution >= 0.6 is 0 Å². The van der Waals surface area contributed by atoms with Gasteiger partial charge in [-0.1, -0.05) is 12.8 Å². The SMILES string of the molecule is c1cc2c(o1)CCCC2NCCN1CCCCCC1. The lowest BCUT2D eigenvalue weighted by Crippen LogP contribution is -2.35. The molecule has 0 amide bonds. The van der Waals surface area contributed by atoms with E-state index in [1.807, 2.05) is 6.26 Å². The van der Waals surface area contributed by atoms with Gasteiger partial charge in [-0.15, -0.1) is 0 Å². The molecule has 2 aliphatic rings. The summed E-state index contributed by atoms with van der Waals surface area (Å²) in [4.78, 5) is 2.62. The summed E-state index contributed by atoms with van der Waals surface area (Å²) in [5.41, 5.74) is 1.40. The lowest BCUT2D eigenvalue weighted by atomic mass is 9.93. The Morgan fingerprint density at radius 2 is 2.00 bits per heavy atom. The van der Waals surface area contributed by atoms with Gasteiger partial charge in [0, 0.05) is 31.1 Å². The molecule has 19 heavy (non-hydrogen) atoms. The van der Waals surface area contributed by atoms with Crippen molar-refractivity contribution in [2.24, 2.45) is 0 Å². The fourth-order valence-electron chi connectivity index (χ4n) is 3.46. The molecule has 1 aromatic heterocycles. The van der Waals surface area contributed by atoms with E-state index >= 15 is 0 Å². The van der Waals surface area contributed by atoms with Crippen LogP contribution in [0.1, 0.15) is 55.9 Å². The molecular weight excluding hydrogens is 236 g/mol. The largest absolute Gasteiger partial charge is 0.469 e. The van der Waals surface area contributed by atoms with E-state index in [0.717, 1.165) is 13.0 Å². The number of nitrogens with zero attached hydrogens (tertiary/aromatic N) is 1. The second kappa shape index (κ2) is 6.58. The highest BCUT2D eigenvalue weighted by molar-refractivity contribution is 5.23. The molecule has 1 atom stereocenters. The highest BCUT2D eigenvalue weighted by Gasteiger charge is 2.22. The van der Waals surface area contributed by atoms with Gasteiger partial charge >= 0.3 is 0 Å². The first kappa shape index (κ1) is 13.2. The highest BCUT2D eigenvalue weighted by Crippen LogP contribution is 2.30. The summed E-state index contributed by atoms with van der Waals surface area (Å²) in [5, 5.41) is 3.73. The molecule has 3 nitrogen and oxygen atoms in total. The molecule has 1 aliphatic carbocycles. The minimum Gasteiger partial charge on any atom is -0.469 e.